The summed E-state index contributed by atoms with van der Waals surface area (Å²) in [6.45, 7) is 15.2. The molecule has 6 fully saturated rings. The van der Waals surface area contributed by atoms with Crippen LogP contribution in [0.2, 0.25) is 0 Å². The fourth-order valence-electron chi connectivity index (χ4n) is 13.3. The lowest BCUT2D eigenvalue weighted by Gasteiger charge is -2.51. The summed E-state index contributed by atoms with van der Waals surface area (Å²) >= 11 is 0. The van der Waals surface area contributed by atoms with Crippen LogP contribution in [0.15, 0.2) is 36.4 Å². The normalized spacial score (nSPS) is 38.5. The molecule has 25 heteroatoms. The van der Waals surface area contributed by atoms with Crippen LogP contribution in [-0.4, -0.2) is 219 Å². The lowest BCUT2D eigenvalue weighted by atomic mass is 9.95. The van der Waals surface area contributed by atoms with Gasteiger partial charge in [0.1, 0.15) is 67.1 Å². The Bertz CT molecular complexity index is 2490. The minimum Gasteiger partial charge on any atom is -0.455 e. The summed E-state index contributed by atoms with van der Waals surface area (Å²) in [5.41, 5.74) is 0.648. The van der Waals surface area contributed by atoms with Gasteiger partial charge < -0.3 is 102 Å². The maximum Gasteiger partial charge on any atom is 0.331 e. The number of ether oxygens (including phenoxy) is 14. The number of hydrogen-bond donors (Lipinski definition) is 7. The van der Waals surface area contributed by atoms with Gasteiger partial charge in [-0.15, -0.1) is 0 Å². The molecule has 0 bridgehead atoms. The molecule has 0 aliphatic carbocycles. The Morgan fingerprint density at radius 3 is 1.71 bits per heavy atom. The topological polar surface area (TPSA) is 339 Å². The molecule has 6 saturated heterocycles. The first-order chi connectivity index (χ1) is 46.5. The van der Waals surface area contributed by atoms with Gasteiger partial charge in [-0.2, -0.15) is 0 Å². The van der Waals surface area contributed by atoms with Crippen molar-refractivity contribution in [3.63, 3.8) is 0 Å². The minimum absolute atomic E-state index is 0.0154. The molecule has 25 nitrogen and oxygen atoms in total. The van der Waals surface area contributed by atoms with E-state index in [-0.39, 0.29) is 25.4 Å². The van der Waals surface area contributed by atoms with Gasteiger partial charge >= 0.3 is 23.9 Å². The molecule has 0 amide bonds. The largest absolute Gasteiger partial charge is 0.455 e. The van der Waals surface area contributed by atoms with Crippen molar-refractivity contribution in [3.05, 3.63) is 42.0 Å². The van der Waals surface area contributed by atoms with E-state index in [9.17, 15) is 54.9 Å². The first-order valence-corrected chi connectivity index (χ1v) is 36.4. The van der Waals surface area contributed by atoms with Crippen LogP contribution in [0.5, 0.6) is 0 Å². The van der Waals surface area contributed by atoms with Gasteiger partial charge in [0.25, 0.3) is 0 Å². The Labute approximate surface area is 573 Å². The minimum atomic E-state index is -1.96. The quantitative estimate of drug-likeness (QED) is 0.0193. The van der Waals surface area contributed by atoms with Gasteiger partial charge in [0.05, 0.1) is 42.5 Å². The molecule has 0 spiro atoms. The SMILES string of the molecule is CCCCCCCCCCCC(=O)OC1C(O)C(C)OC(OC2C(C)OC(OC3C(C)OC4OC5C(OC(CCCCC)CCCCCCCCCC(=O)OC4C3O)OC(C)C(O)C5O)C(OC(=O)C(C)CC)C2OC2OC(C)C(O)C(O)C2O)C1OC(=O)C=Cc1ccccc1. The summed E-state index contributed by atoms with van der Waals surface area (Å²) in [5.74, 6) is -3.93. The molecule has 7 rings (SSSR count). The Morgan fingerprint density at radius 1 is 0.495 bits per heavy atom. The van der Waals surface area contributed by atoms with E-state index in [0.717, 1.165) is 102 Å². The predicted octanol–water partition coefficient (Wildman–Crippen LogP) is 7.60. The third-order valence-electron chi connectivity index (χ3n) is 19.6. The number of carbonyl (C=O) groups is 4. The molecular weight excluding hydrogens is 1260 g/mol. The fraction of sp³-hybridized carbons (Fsp3) is 0.833. The standard InChI is InChI=1S/C72H116O25/c1-10-13-15-16-17-18-21-24-31-37-49(73)90-61-54(78)44(7)86-71(65(61)92-51(75)40-39-47-33-28-26-29-34-47)95-60-46(9)88-72(66(93-67(83)41(4)12-3)64(60)97-68-57(81)55(79)52(76)42(5)84-68)94-59-45(8)87-70-63(58(59)82)91-50(74)38-32-25-22-19-20-23-30-36-48(35-27-14-11-2)89-69-62(96-70)56(80)53(77)43(6)85-69/h26,28-29,33-34,39-46,48,52-66,68-72,76-82H,10-25,27,30-32,35-38H2,1-9H3. The number of hydrogen-bond acceptors (Lipinski definition) is 25. The van der Waals surface area contributed by atoms with Crippen molar-refractivity contribution in [2.75, 3.05) is 0 Å². The van der Waals surface area contributed by atoms with Gasteiger partial charge in [0.2, 0.25) is 0 Å². The van der Waals surface area contributed by atoms with Crippen LogP contribution in [0.3, 0.4) is 0 Å². The molecule has 554 valence electrons. The van der Waals surface area contributed by atoms with Crippen molar-refractivity contribution >= 4 is 30.0 Å². The van der Waals surface area contributed by atoms with E-state index >= 15 is 0 Å². The Morgan fingerprint density at radius 2 is 1.03 bits per heavy atom. The number of carbonyl (C=O) groups excluding carboxylic acids is 4. The summed E-state index contributed by atoms with van der Waals surface area (Å²) in [6, 6.07) is 8.89. The molecule has 27 unspecified atom stereocenters. The molecule has 0 saturated carbocycles. The highest BCUT2D eigenvalue weighted by Crippen LogP contribution is 2.40. The number of unbranched alkanes of at least 4 members (excludes halogenated alkanes) is 10. The molecule has 6 heterocycles. The van der Waals surface area contributed by atoms with E-state index < -0.39 is 183 Å². The van der Waals surface area contributed by atoms with Gasteiger partial charge in [-0.25, -0.2) is 4.79 Å². The van der Waals surface area contributed by atoms with Crippen LogP contribution in [0.1, 0.15) is 222 Å². The first-order valence-electron chi connectivity index (χ1n) is 36.4. The lowest BCUT2D eigenvalue weighted by molar-refractivity contribution is -0.399. The van der Waals surface area contributed by atoms with Crippen molar-refractivity contribution in [1.82, 2.24) is 0 Å². The molecule has 0 radical (unpaired) electrons. The van der Waals surface area contributed by atoms with Gasteiger partial charge in [-0.1, -0.05) is 167 Å². The van der Waals surface area contributed by atoms with E-state index in [4.69, 9.17) is 66.3 Å². The molecule has 1 aromatic carbocycles. The predicted molar refractivity (Wildman–Crippen MR) is 350 cm³/mol. The Hall–Kier alpha value is -3.84. The molecule has 7 N–H and O–H groups in total. The van der Waals surface area contributed by atoms with Crippen molar-refractivity contribution in [1.29, 1.82) is 0 Å². The van der Waals surface area contributed by atoms with Crippen molar-refractivity contribution in [2.45, 2.75) is 376 Å². The monoisotopic (exact) mass is 1380 g/mol. The summed E-state index contributed by atoms with van der Waals surface area (Å²) < 4.78 is 90.1. The number of benzene rings is 1. The van der Waals surface area contributed by atoms with Crippen molar-refractivity contribution in [2.24, 2.45) is 5.92 Å². The highest BCUT2D eigenvalue weighted by Gasteiger charge is 2.59. The number of aliphatic hydroxyl groups is 7. The third kappa shape index (κ3) is 23.3. The highest BCUT2D eigenvalue weighted by molar-refractivity contribution is 5.87. The van der Waals surface area contributed by atoms with Crippen LogP contribution >= 0.6 is 0 Å². The molecule has 0 aromatic heterocycles. The molecular formula is C72H116O25. The second-order valence-corrected chi connectivity index (χ2v) is 27.5. The van der Waals surface area contributed by atoms with Crippen LogP contribution < -0.4 is 0 Å². The van der Waals surface area contributed by atoms with E-state index in [1.807, 2.05) is 6.07 Å². The number of esters is 4. The van der Waals surface area contributed by atoms with Crippen LogP contribution in [0.25, 0.3) is 6.08 Å². The van der Waals surface area contributed by atoms with E-state index in [1.165, 1.54) is 46.6 Å². The molecule has 6 aliphatic rings. The third-order valence-corrected chi connectivity index (χ3v) is 19.6. The molecule has 1 aromatic rings. The first kappa shape index (κ1) is 80.5. The van der Waals surface area contributed by atoms with Crippen LogP contribution in [0.4, 0.5) is 0 Å². The van der Waals surface area contributed by atoms with Crippen LogP contribution in [-0.2, 0) is 85.5 Å². The average molecular weight is 1380 g/mol. The lowest BCUT2D eigenvalue weighted by Crippen LogP contribution is -2.68. The maximum absolute atomic E-state index is 14.4. The van der Waals surface area contributed by atoms with Gasteiger partial charge in [-0.3, -0.25) is 14.4 Å². The Kier molecular flexibility index (Phi) is 33.8. The Balaban J connectivity index is 1.24. The molecule has 27 atom stereocenters. The van der Waals surface area contributed by atoms with E-state index in [0.29, 0.717) is 31.2 Å². The highest BCUT2D eigenvalue weighted by atomic mass is 16.8. The van der Waals surface area contributed by atoms with Crippen LogP contribution in [0, 0.1) is 5.92 Å². The molecule has 97 heavy (non-hydrogen) atoms. The number of fused-ring (bicyclic) bond motifs is 2. The zero-order valence-corrected chi connectivity index (χ0v) is 58.6. The summed E-state index contributed by atoms with van der Waals surface area (Å²) in [7, 11) is 0. The fourth-order valence-corrected chi connectivity index (χ4v) is 13.3. The van der Waals surface area contributed by atoms with Crippen molar-refractivity contribution < 1.29 is 121 Å². The zero-order valence-electron chi connectivity index (χ0n) is 58.6. The average Bonchev–Trinajstić information content (AvgIpc) is 0.755. The molecule has 6 aliphatic heterocycles. The second-order valence-electron chi connectivity index (χ2n) is 27.5. The number of rotatable bonds is 27. The van der Waals surface area contributed by atoms with E-state index in [1.54, 1.807) is 45.0 Å². The zero-order chi connectivity index (χ0) is 70.3. The van der Waals surface area contributed by atoms with Gasteiger partial charge in [0.15, 0.2) is 55.9 Å². The maximum atomic E-state index is 14.4. The summed E-state index contributed by atoms with van der Waals surface area (Å²) in [5, 5.41) is 81.5. The van der Waals surface area contributed by atoms with E-state index in [2.05, 4.69) is 13.8 Å². The summed E-state index contributed by atoms with van der Waals surface area (Å²) in [4.78, 5) is 56.3. The number of aliphatic hydroxyl groups excluding tert-OH is 7. The smallest absolute Gasteiger partial charge is 0.331 e. The summed E-state index contributed by atoms with van der Waals surface area (Å²) in [6.07, 6.45) is -17.4. The second kappa shape index (κ2) is 40.7. The van der Waals surface area contributed by atoms with Gasteiger partial charge in [-0.05, 0) is 78.4 Å². The van der Waals surface area contributed by atoms with Gasteiger partial charge in [0, 0.05) is 18.9 Å². The van der Waals surface area contributed by atoms with Crippen molar-refractivity contribution in [3.8, 4) is 0 Å².